The minimum Gasteiger partial charge on any atom is -0.494 e. The molecule has 3 nitrogen and oxygen atoms in total. The average molecular weight is 305 g/mol. The molecule has 0 bridgehead atoms. The highest BCUT2D eigenvalue weighted by molar-refractivity contribution is 7.10. The molecule has 0 saturated heterocycles. The zero-order valence-electron chi connectivity index (χ0n) is 12.8. The van der Waals surface area contributed by atoms with E-state index < -0.39 is 0 Å². The molecule has 114 valence electrons. The molecule has 1 heterocycles. The van der Waals surface area contributed by atoms with Gasteiger partial charge in [0.1, 0.15) is 5.75 Å². The first-order chi connectivity index (χ1) is 10.2. The molecule has 0 fully saturated rings. The Balaban J connectivity index is 2.21. The van der Waals surface area contributed by atoms with E-state index in [1.54, 1.807) is 11.3 Å². The van der Waals surface area contributed by atoms with E-state index in [0.29, 0.717) is 12.5 Å². The van der Waals surface area contributed by atoms with E-state index in [4.69, 9.17) is 4.74 Å². The fraction of sp³-hybridized carbons (Fsp3) is 0.412. The van der Waals surface area contributed by atoms with Crippen LogP contribution in [0.25, 0.3) is 0 Å². The molecule has 1 aromatic heterocycles. The highest BCUT2D eigenvalue weighted by Crippen LogP contribution is 2.31. The summed E-state index contributed by atoms with van der Waals surface area (Å²) in [6, 6.07) is 10.4. The highest BCUT2D eigenvalue weighted by atomic mass is 32.1. The van der Waals surface area contributed by atoms with Crippen molar-refractivity contribution in [2.75, 3.05) is 11.9 Å². The van der Waals surface area contributed by atoms with E-state index in [2.05, 4.69) is 36.7 Å². The number of aliphatic hydroxyl groups excluding tert-OH is 1. The second-order valence-electron chi connectivity index (χ2n) is 5.30. The van der Waals surface area contributed by atoms with Gasteiger partial charge < -0.3 is 15.2 Å². The van der Waals surface area contributed by atoms with Crippen molar-refractivity contribution in [3.05, 3.63) is 46.2 Å². The summed E-state index contributed by atoms with van der Waals surface area (Å²) in [6.45, 7) is 6.94. The molecule has 1 atom stereocenters. The second-order valence-corrected chi connectivity index (χ2v) is 6.27. The van der Waals surface area contributed by atoms with Crippen LogP contribution < -0.4 is 10.1 Å². The van der Waals surface area contributed by atoms with Crippen molar-refractivity contribution in [1.82, 2.24) is 0 Å². The largest absolute Gasteiger partial charge is 0.494 e. The van der Waals surface area contributed by atoms with Crippen LogP contribution in [0, 0.1) is 5.92 Å². The van der Waals surface area contributed by atoms with Crippen molar-refractivity contribution in [2.45, 2.75) is 33.4 Å². The number of rotatable bonds is 7. The third-order valence-corrected chi connectivity index (χ3v) is 4.32. The Morgan fingerprint density at radius 2 is 2.10 bits per heavy atom. The average Bonchev–Trinajstić information content (AvgIpc) is 2.99. The van der Waals surface area contributed by atoms with Crippen molar-refractivity contribution in [1.29, 1.82) is 0 Å². The quantitative estimate of drug-likeness (QED) is 0.794. The minimum absolute atomic E-state index is 0.0177. The van der Waals surface area contributed by atoms with Crippen molar-refractivity contribution < 1.29 is 9.84 Å². The van der Waals surface area contributed by atoms with Crippen LogP contribution in [0.5, 0.6) is 5.75 Å². The number of benzene rings is 1. The van der Waals surface area contributed by atoms with Gasteiger partial charge >= 0.3 is 0 Å². The van der Waals surface area contributed by atoms with Crippen molar-refractivity contribution >= 4 is 17.0 Å². The zero-order chi connectivity index (χ0) is 15.2. The first kappa shape index (κ1) is 15.9. The lowest BCUT2D eigenvalue weighted by atomic mass is 10.0. The molecule has 4 heteroatoms. The number of ether oxygens (including phenoxy) is 1. The van der Waals surface area contributed by atoms with Gasteiger partial charge in [-0.25, -0.2) is 0 Å². The summed E-state index contributed by atoms with van der Waals surface area (Å²) in [5, 5.41) is 15.2. The van der Waals surface area contributed by atoms with Gasteiger partial charge in [-0.1, -0.05) is 19.9 Å². The van der Waals surface area contributed by atoms with Crippen LogP contribution in [0.2, 0.25) is 0 Å². The van der Waals surface area contributed by atoms with Gasteiger partial charge in [0.25, 0.3) is 0 Å². The molecule has 2 aromatic rings. The van der Waals surface area contributed by atoms with E-state index in [1.165, 1.54) is 4.88 Å². The number of hydrogen-bond donors (Lipinski definition) is 2. The van der Waals surface area contributed by atoms with Gasteiger partial charge in [0.2, 0.25) is 0 Å². The summed E-state index contributed by atoms with van der Waals surface area (Å²) in [7, 11) is 0. The lowest BCUT2D eigenvalue weighted by molar-refractivity contribution is 0.267. The number of hydrogen-bond acceptors (Lipinski definition) is 4. The molecule has 0 aliphatic heterocycles. The Morgan fingerprint density at radius 1 is 1.29 bits per heavy atom. The summed E-state index contributed by atoms with van der Waals surface area (Å²) < 4.78 is 5.52. The zero-order valence-corrected chi connectivity index (χ0v) is 13.6. The summed E-state index contributed by atoms with van der Waals surface area (Å²) >= 11 is 1.76. The van der Waals surface area contributed by atoms with Gasteiger partial charge in [-0.15, -0.1) is 11.3 Å². The van der Waals surface area contributed by atoms with Gasteiger partial charge in [0.05, 0.1) is 19.3 Å². The molecule has 1 aromatic carbocycles. The molecular weight excluding hydrogens is 282 g/mol. The molecule has 0 aliphatic carbocycles. The maximum Gasteiger partial charge on any atom is 0.124 e. The van der Waals surface area contributed by atoms with Crippen molar-refractivity contribution in [3.63, 3.8) is 0 Å². The number of anilines is 1. The number of aliphatic hydroxyl groups is 1. The Labute approximate surface area is 130 Å². The van der Waals surface area contributed by atoms with Gasteiger partial charge in [-0.2, -0.15) is 0 Å². The second kappa shape index (κ2) is 7.48. The predicted molar refractivity (Wildman–Crippen MR) is 89.1 cm³/mol. The molecule has 0 spiro atoms. The lowest BCUT2D eigenvalue weighted by Crippen LogP contribution is -2.15. The topological polar surface area (TPSA) is 41.5 Å². The third-order valence-electron chi connectivity index (χ3n) is 3.37. The fourth-order valence-electron chi connectivity index (χ4n) is 2.30. The SMILES string of the molecule is CCOc1ccc(NC(c2cccs2)C(C)C)cc1CO. The molecule has 0 radical (unpaired) electrons. The molecule has 0 amide bonds. The Morgan fingerprint density at radius 3 is 2.67 bits per heavy atom. The van der Waals surface area contributed by atoms with Gasteiger partial charge in [-0.05, 0) is 42.5 Å². The number of nitrogens with one attached hydrogen (secondary N) is 1. The van der Waals surface area contributed by atoms with E-state index in [1.807, 2.05) is 25.1 Å². The summed E-state index contributed by atoms with van der Waals surface area (Å²) in [5.74, 6) is 1.23. The summed E-state index contributed by atoms with van der Waals surface area (Å²) in [4.78, 5) is 1.32. The van der Waals surface area contributed by atoms with Gasteiger partial charge in [0.15, 0.2) is 0 Å². The summed E-state index contributed by atoms with van der Waals surface area (Å²) in [5.41, 5.74) is 1.82. The maximum absolute atomic E-state index is 9.49. The molecule has 0 aliphatic rings. The Bertz CT molecular complexity index is 552. The van der Waals surface area contributed by atoms with Crippen molar-refractivity contribution in [2.24, 2.45) is 5.92 Å². The molecule has 2 N–H and O–H groups in total. The third kappa shape index (κ3) is 3.99. The normalized spacial score (nSPS) is 12.4. The molecule has 1 unspecified atom stereocenters. The maximum atomic E-state index is 9.49. The van der Waals surface area contributed by atoms with Crippen LogP contribution >= 0.6 is 11.3 Å². The van der Waals surface area contributed by atoms with Crippen molar-refractivity contribution in [3.8, 4) is 5.75 Å². The Kier molecular flexibility index (Phi) is 5.65. The van der Waals surface area contributed by atoms with E-state index in [0.717, 1.165) is 17.0 Å². The first-order valence-corrected chi connectivity index (χ1v) is 8.20. The van der Waals surface area contributed by atoms with Gasteiger partial charge in [0, 0.05) is 16.1 Å². The van der Waals surface area contributed by atoms with Gasteiger partial charge in [-0.3, -0.25) is 0 Å². The van der Waals surface area contributed by atoms with Crippen LogP contribution in [0.15, 0.2) is 35.7 Å². The minimum atomic E-state index is -0.0177. The Hall–Kier alpha value is -1.52. The van der Waals surface area contributed by atoms with Crippen LogP contribution in [0.4, 0.5) is 5.69 Å². The molecular formula is C17H23NO2S. The molecule has 21 heavy (non-hydrogen) atoms. The van der Waals surface area contributed by atoms with Crippen LogP contribution in [0.1, 0.15) is 37.3 Å². The molecule has 2 rings (SSSR count). The fourth-order valence-corrected chi connectivity index (χ4v) is 3.25. The monoisotopic (exact) mass is 305 g/mol. The highest BCUT2D eigenvalue weighted by Gasteiger charge is 2.17. The summed E-state index contributed by atoms with van der Waals surface area (Å²) in [6.07, 6.45) is 0. The van der Waals surface area contributed by atoms with E-state index in [-0.39, 0.29) is 12.6 Å². The van der Waals surface area contributed by atoms with E-state index >= 15 is 0 Å². The first-order valence-electron chi connectivity index (χ1n) is 7.32. The lowest BCUT2D eigenvalue weighted by Gasteiger charge is -2.23. The van der Waals surface area contributed by atoms with Crippen LogP contribution in [0.3, 0.4) is 0 Å². The van der Waals surface area contributed by atoms with Crippen LogP contribution in [-0.2, 0) is 6.61 Å². The predicted octanol–water partition coefficient (Wildman–Crippen LogP) is 4.45. The molecule has 0 saturated carbocycles. The standard InChI is InChI=1S/C17H23NO2S/c1-4-20-15-8-7-14(10-13(15)11-19)18-17(12(2)3)16-6-5-9-21-16/h5-10,12,17-19H,4,11H2,1-3H3. The number of thiophene rings is 1. The van der Waals surface area contributed by atoms with E-state index in [9.17, 15) is 5.11 Å². The van der Waals surface area contributed by atoms with Crippen LogP contribution in [-0.4, -0.2) is 11.7 Å². The smallest absolute Gasteiger partial charge is 0.124 e.